The lowest BCUT2D eigenvalue weighted by Crippen LogP contribution is -2.25. The van der Waals surface area contributed by atoms with Gasteiger partial charge in [-0.2, -0.15) is 5.26 Å². The van der Waals surface area contributed by atoms with E-state index in [1.807, 2.05) is 20.8 Å². The fourth-order valence-corrected chi connectivity index (χ4v) is 3.73. The summed E-state index contributed by atoms with van der Waals surface area (Å²) >= 11 is 0. The van der Waals surface area contributed by atoms with E-state index in [0.717, 1.165) is 30.4 Å². The van der Waals surface area contributed by atoms with Gasteiger partial charge >= 0.3 is 0 Å². The maximum Gasteiger partial charge on any atom is 0.252 e. The van der Waals surface area contributed by atoms with Crippen molar-refractivity contribution >= 4 is 5.78 Å². The van der Waals surface area contributed by atoms with E-state index in [4.69, 9.17) is 6.42 Å². The highest BCUT2D eigenvalue weighted by molar-refractivity contribution is 6.11. The van der Waals surface area contributed by atoms with Gasteiger partial charge in [0.2, 0.25) is 0 Å². The second-order valence-electron chi connectivity index (χ2n) is 7.91. The molecule has 3 rings (SSSR count). The predicted octanol–water partition coefficient (Wildman–Crippen LogP) is 4.04. The Morgan fingerprint density at radius 3 is 2.61 bits per heavy atom. The molecule has 0 unspecified atom stereocenters. The Morgan fingerprint density at radius 1 is 1.32 bits per heavy atom. The highest BCUT2D eigenvalue weighted by atomic mass is 16.1. The maximum absolute atomic E-state index is 13.6. The van der Waals surface area contributed by atoms with Gasteiger partial charge in [0.25, 0.3) is 5.56 Å². The smallest absolute Gasteiger partial charge is 0.252 e. The van der Waals surface area contributed by atoms with E-state index < -0.39 is 0 Å². The summed E-state index contributed by atoms with van der Waals surface area (Å²) in [6.45, 7) is 5.69. The number of H-pyrrole nitrogens is 1. The van der Waals surface area contributed by atoms with Crippen molar-refractivity contribution in [3.05, 3.63) is 67.6 Å². The lowest BCUT2D eigenvalue weighted by Gasteiger charge is -2.19. The van der Waals surface area contributed by atoms with Gasteiger partial charge in [0.15, 0.2) is 5.78 Å². The van der Waals surface area contributed by atoms with Crippen LogP contribution in [0.3, 0.4) is 0 Å². The van der Waals surface area contributed by atoms with Gasteiger partial charge in [0.1, 0.15) is 0 Å². The van der Waals surface area contributed by atoms with Crippen LogP contribution in [0.1, 0.15) is 76.5 Å². The van der Waals surface area contributed by atoms with Crippen LogP contribution >= 0.6 is 0 Å². The molecule has 28 heavy (non-hydrogen) atoms. The molecule has 1 aliphatic rings. The number of nitrogens with zero attached hydrogens (tertiary/aromatic N) is 1. The Hall–Kier alpha value is -3.11. The molecule has 0 radical (unpaired) electrons. The molecule has 1 aromatic heterocycles. The quantitative estimate of drug-likeness (QED) is 0.614. The van der Waals surface area contributed by atoms with Crippen molar-refractivity contribution in [2.75, 3.05) is 0 Å². The number of benzene rings is 1. The summed E-state index contributed by atoms with van der Waals surface area (Å²) in [5.74, 6) is 2.82. The van der Waals surface area contributed by atoms with E-state index >= 15 is 0 Å². The fourth-order valence-electron chi connectivity index (χ4n) is 3.73. The second-order valence-corrected chi connectivity index (χ2v) is 7.91. The van der Waals surface area contributed by atoms with Crippen LogP contribution in [0.15, 0.2) is 23.0 Å². The number of hydrogen-bond donors (Lipinski definition) is 1. The van der Waals surface area contributed by atoms with Crippen molar-refractivity contribution in [2.24, 2.45) is 5.92 Å². The Kier molecular flexibility index (Phi) is 5.52. The summed E-state index contributed by atoms with van der Waals surface area (Å²) < 4.78 is 0. The zero-order chi connectivity index (χ0) is 20.4. The number of terminal acetylenes is 1. The molecule has 0 aliphatic heterocycles. The topological polar surface area (TPSA) is 73.7 Å². The second kappa shape index (κ2) is 7.87. The first-order chi connectivity index (χ1) is 13.3. The molecule has 1 saturated carbocycles. The lowest BCUT2D eigenvalue weighted by atomic mass is 9.85. The zero-order valence-electron chi connectivity index (χ0n) is 16.6. The van der Waals surface area contributed by atoms with Gasteiger partial charge in [-0.15, -0.1) is 12.3 Å². The largest absolute Gasteiger partial charge is 0.325 e. The van der Waals surface area contributed by atoms with Crippen LogP contribution in [0.2, 0.25) is 0 Å². The van der Waals surface area contributed by atoms with E-state index in [-0.39, 0.29) is 23.7 Å². The molecule has 0 amide bonds. The minimum atomic E-state index is -0.253. The molecule has 2 aromatic rings. The third-order valence-corrected chi connectivity index (χ3v) is 5.19. The highest BCUT2D eigenvalue weighted by Gasteiger charge is 2.30. The summed E-state index contributed by atoms with van der Waals surface area (Å²) in [7, 11) is 0. The predicted molar refractivity (Wildman–Crippen MR) is 109 cm³/mol. The number of pyridine rings is 1. The van der Waals surface area contributed by atoms with E-state index in [0.29, 0.717) is 33.9 Å². The average molecular weight is 372 g/mol. The molecule has 1 fully saturated rings. The van der Waals surface area contributed by atoms with Gasteiger partial charge in [0, 0.05) is 28.8 Å². The number of carbonyl (C=O) groups is 1. The molecule has 4 nitrogen and oxygen atoms in total. The average Bonchev–Trinajstić information content (AvgIpc) is 3.46. The Labute approximate surface area is 165 Å². The van der Waals surface area contributed by atoms with Gasteiger partial charge in [0.05, 0.1) is 11.6 Å². The standard InChI is InChI=1S/C24H24N2O2/c1-5-6-20-19(12-16-7-8-16)22(21(14(2)3)24(28)26-20)23(27)18-10-15(4)9-17(11-18)13-25/h1,9-11,14,16H,6-8,12H2,2-4H3,(H,26,28). The van der Waals surface area contributed by atoms with Crippen LogP contribution in [-0.2, 0) is 12.8 Å². The third-order valence-electron chi connectivity index (χ3n) is 5.19. The molecule has 0 saturated heterocycles. The molecule has 1 aromatic carbocycles. The molecular formula is C24H24N2O2. The summed E-state index contributed by atoms with van der Waals surface area (Å²) in [5.41, 5.74) is 3.97. The van der Waals surface area contributed by atoms with Crippen LogP contribution in [0.4, 0.5) is 0 Å². The lowest BCUT2D eigenvalue weighted by molar-refractivity contribution is 0.103. The van der Waals surface area contributed by atoms with Crippen molar-refractivity contribution in [3.8, 4) is 18.4 Å². The summed E-state index contributed by atoms with van der Waals surface area (Å²) in [6, 6.07) is 7.22. The first-order valence-electron chi connectivity index (χ1n) is 9.63. The van der Waals surface area contributed by atoms with Crippen molar-refractivity contribution in [1.82, 2.24) is 4.98 Å². The Bertz CT molecular complexity index is 1070. The Morgan fingerprint density at radius 2 is 2.04 bits per heavy atom. The van der Waals surface area contributed by atoms with E-state index in [1.54, 1.807) is 18.2 Å². The molecule has 1 N–H and O–H groups in total. The van der Waals surface area contributed by atoms with E-state index in [2.05, 4.69) is 17.0 Å². The molecule has 0 spiro atoms. The molecule has 4 heteroatoms. The normalized spacial score (nSPS) is 13.2. The number of rotatable bonds is 6. The van der Waals surface area contributed by atoms with Crippen molar-refractivity contribution in [3.63, 3.8) is 0 Å². The van der Waals surface area contributed by atoms with E-state index in [9.17, 15) is 14.9 Å². The summed E-state index contributed by atoms with van der Waals surface area (Å²) in [5, 5.41) is 9.28. The number of nitrogens with one attached hydrogen (secondary N) is 1. The minimum Gasteiger partial charge on any atom is -0.325 e. The number of hydrogen-bond acceptors (Lipinski definition) is 3. The van der Waals surface area contributed by atoms with Crippen molar-refractivity contribution < 1.29 is 4.79 Å². The fraction of sp³-hybridized carbons (Fsp3) is 0.375. The van der Waals surface area contributed by atoms with Gasteiger partial charge in [-0.25, -0.2) is 0 Å². The third kappa shape index (κ3) is 3.92. The molecular weight excluding hydrogens is 348 g/mol. The molecule has 1 heterocycles. The number of carbonyl (C=O) groups excluding carboxylic acids is 1. The number of aromatic nitrogens is 1. The van der Waals surface area contributed by atoms with Gasteiger partial charge in [-0.3, -0.25) is 9.59 Å². The Balaban J connectivity index is 2.28. The number of aromatic amines is 1. The van der Waals surface area contributed by atoms with Crippen molar-refractivity contribution in [1.29, 1.82) is 5.26 Å². The van der Waals surface area contributed by atoms with Gasteiger partial charge in [-0.05, 0) is 67.3 Å². The van der Waals surface area contributed by atoms with Crippen LogP contribution in [0, 0.1) is 36.5 Å². The number of nitriles is 1. The first kappa shape index (κ1) is 19.6. The molecule has 0 atom stereocenters. The van der Waals surface area contributed by atoms with Crippen LogP contribution in [0.5, 0.6) is 0 Å². The van der Waals surface area contributed by atoms with Gasteiger partial charge < -0.3 is 4.98 Å². The summed E-state index contributed by atoms with van der Waals surface area (Å²) in [4.78, 5) is 29.4. The van der Waals surface area contributed by atoms with Crippen LogP contribution < -0.4 is 5.56 Å². The summed E-state index contributed by atoms with van der Waals surface area (Å²) in [6.07, 6.45) is 8.81. The first-order valence-corrected chi connectivity index (χ1v) is 9.63. The van der Waals surface area contributed by atoms with Crippen molar-refractivity contribution in [2.45, 2.75) is 52.4 Å². The number of aryl methyl sites for hydroxylation is 1. The molecule has 142 valence electrons. The number of ketones is 1. The maximum atomic E-state index is 13.6. The highest BCUT2D eigenvalue weighted by Crippen LogP contribution is 2.36. The SMILES string of the molecule is C#CCc1[nH]c(=O)c(C(C)C)c(C(=O)c2cc(C)cc(C#N)c2)c1CC1CC1. The molecule has 1 aliphatic carbocycles. The van der Waals surface area contributed by atoms with Crippen LogP contribution in [0.25, 0.3) is 0 Å². The zero-order valence-corrected chi connectivity index (χ0v) is 16.6. The van der Waals surface area contributed by atoms with E-state index in [1.165, 1.54) is 0 Å². The van der Waals surface area contributed by atoms with Gasteiger partial charge in [-0.1, -0.05) is 13.8 Å². The molecule has 0 bridgehead atoms. The monoisotopic (exact) mass is 372 g/mol. The minimum absolute atomic E-state index is 0.110. The van der Waals surface area contributed by atoms with Crippen LogP contribution in [-0.4, -0.2) is 10.8 Å².